The predicted octanol–water partition coefficient (Wildman–Crippen LogP) is 0.763. The van der Waals surface area contributed by atoms with Crippen molar-refractivity contribution < 1.29 is 9.63 Å². The summed E-state index contributed by atoms with van der Waals surface area (Å²) in [6.45, 7) is 3.78. The van der Waals surface area contributed by atoms with E-state index in [2.05, 4.69) is 6.92 Å². The summed E-state index contributed by atoms with van der Waals surface area (Å²) in [5.74, 6) is 0.0498. The van der Waals surface area contributed by atoms with Gasteiger partial charge in [-0.3, -0.25) is 9.63 Å². The molecule has 1 saturated heterocycles. The van der Waals surface area contributed by atoms with Gasteiger partial charge in [0.2, 0.25) is 5.91 Å². The van der Waals surface area contributed by atoms with Crippen molar-refractivity contribution in [3.8, 4) is 0 Å². The van der Waals surface area contributed by atoms with E-state index in [-0.39, 0.29) is 11.9 Å². The van der Waals surface area contributed by atoms with Gasteiger partial charge in [0.05, 0.1) is 13.2 Å². The fourth-order valence-corrected chi connectivity index (χ4v) is 1.17. The summed E-state index contributed by atoms with van der Waals surface area (Å²) in [4.78, 5) is 15.8. The van der Waals surface area contributed by atoms with Crippen LogP contribution in [-0.4, -0.2) is 24.1 Å². The normalized spacial score (nSPS) is 27.2. The standard InChI is InChI=1S/C7H12NO2/c1-6-4-3-5-7(9)8(6)10-2/h6H,1,3-5H2,2H3. The van der Waals surface area contributed by atoms with Gasteiger partial charge in [-0.25, -0.2) is 5.06 Å². The lowest BCUT2D eigenvalue weighted by Gasteiger charge is -2.30. The summed E-state index contributed by atoms with van der Waals surface area (Å²) in [6.07, 6.45) is 2.48. The quantitative estimate of drug-likeness (QED) is 0.541. The van der Waals surface area contributed by atoms with Crippen LogP contribution >= 0.6 is 0 Å². The van der Waals surface area contributed by atoms with Crippen molar-refractivity contribution in [3.63, 3.8) is 0 Å². The molecule has 0 bridgehead atoms. The van der Waals surface area contributed by atoms with Gasteiger partial charge < -0.3 is 0 Å². The molecule has 1 amide bonds. The van der Waals surface area contributed by atoms with E-state index in [1.54, 1.807) is 0 Å². The summed E-state index contributed by atoms with van der Waals surface area (Å²) >= 11 is 0. The Hall–Kier alpha value is -0.570. The number of hydroxylamine groups is 2. The molecule has 10 heavy (non-hydrogen) atoms. The number of carbonyl (C=O) groups excluding carboxylic acids is 1. The predicted molar refractivity (Wildman–Crippen MR) is 36.9 cm³/mol. The maximum absolute atomic E-state index is 11.0. The Morgan fingerprint density at radius 3 is 2.90 bits per heavy atom. The number of carbonyl (C=O) groups is 1. The zero-order chi connectivity index (χ0) is 7.56. The molecule has 0 aromatic rings. The first-order valence-electron chi connectivity index (χ1n) is 3.45. The van der Waals surface area contributed by atoms with Gasteiger partial charge in [-0.15, -0.1) is 0 Å². The molecular formula is C7H12NO2. The van der Waals surface area contributed by atoms with Gasteiger partial charge in [0, 0.05) is 6.42 Å². The molecule has 3 heteroatoms. The Morgan fingerprint density at radius 2 is 2.50 bits per heavy atom. The summed E-state index contributed by atoms with van der Waals surface area (Å²) < 4.78 is 0. The number of nitrogens with zero attached hydrogens (tertiary/aromatic N) is 1. The molecule has 0 spiro atoms. The second-order valence-corrected chi connectivity index (χ2v) is 2.45. The summed E-state index contributed by atoms with van der Waals surface area (Å²) in [7, 11) is 1.50. The third-order valence-corrected chi connectivity index (χ3v) is 1.70. The van der Waals surface area contributed by atoms with Crippen LogP contribution in [0.5, 0.6) is 0 Å². The van der Waals surface area contributed by atoms with Gasteiger partial charge in [0.1, 0.15) is 0 Å². The maximum atomic E-state index is 11.0. The largest absolute Gasteiger partial charge is 0.274 e. The average Bonchev–Trinajstić information content (AvgIpc) is 1.88. The Labute approximate surface area is 60.9 Å². The van der Waals surface area contributed by atoms with E-state index in [0.29, 0.717) is 6.42 Å². The third kappa shape index (κ3) is 1.29. The van der Waals surface area contributed by atoms with Crippen LogP contribution in [0.3, 0.4) is 0 Å². The molecule has 1 rings (SSSR count). The van der Waals surface area contributed by atoms with Crippen LogP contribution in [0.25, 0.3) is 0 Å². The van der Waals surface area contributed by atoms with E-state index < -0.39 is 0 Å². The smallest absolute Gasteiger partial charge is 0.246 e. The van der Waals surface area contributed by atoms with E-state index in [0.717, 1.165) is 12.8 Å². The molecule has 0 N–H and O–H groups in total. The number of piperidine rings is 1. The van der Waals surface area contributed by atoms with E-state index in [4.69, 9.17) is 4.84 Å². The average molecular weight is 142 g/mol. The molecule has 0 aromatic carbocycles. The van der Waals surface area contributed by atoms with Crippen molar-refractivity contribution >= 4 is 5.91 Å². The van der Waals surface area contributed by atoms with E-state index >= 15 is 0 Å². The van der Waals surface area contributed by atoms with Gasteiger partial charge in [-0.1, -0.05) is 0 Å². The fourth-order valence-electron chi connectivity index (χ4n) is 1.17. The minimum Gasteiger partial charge on any atom is -0.274 e. The van der Waals surface area contributed by atoms with Crippen LogP contribution in [0.4, 0.5) is 0 Å². The Balaban J connectivity index is 2.53. The highest BCUT2D eigenvalue weighted by atomic mass is 16.7. The Kier molecular flexibility index (Phi) is 2.27. The van der Waals surface area contributed by atoms with Crippen molar-refractivity contribution in [1.29, 1.82) is 0 Å². The molecular weight excluding hydrogens is 130 g/mol. The van der Waals surface area contributed by atoms with Crippen LogP contribution in [-0.2, 0) is 9.63 Å². The highest BCUT2D eigenvalue weighted by Crippen LogP contribution is 2.16. The maximum Gasteiger partial charge on any atom is 0.246 e. The Bertz CT molecular complexity index is 136. The molecule has 57 valence electrons. The molecule has 1 radical (unpaired) electrons. The van der Waals surface area contributed by atoms with E-state index in [9.17, 15) is 4.79 Å². The van der Waals surface area contributed by atoms with Gasteiger partial charge >= 0.3 is 0 Å². The van der Waals surface area contributed by atoms with E-state index in [1.807, 2.05) is 0 Å². The zero-order valence-corrected chi connectivity index (χ0v) is 6.17. The van der Waals surface area contributed by atoms with Crippen LogP contribution in [0.1, 0.15) is 19.3 Å². The Morgan fingerprint density at radius 1 is 1.80 bits per heavy atom. The number of hydrogen-bond donors (Lipinski definition) is 0. The first kappa shape index (κ1) is 7.54. The SMILES string of the molecule is [CH2]C1CCCC(=O)N1OC. The van der Waals surface area contributed by atoms with Gasteiger partial charge in [0.15, 0.2) is 0 Å². The number of rotatable bonds is 1. The van der Waals surface area contributed by atoms with Crippen LogP contribution in [0.2, 0.25) is 0 Å². The highest BCUT2D eigenvalue weighted by molar-refractivity contribution is 5.76. The number of amides is 1. The van der Waals surface area contributed by atoms with Crippen LogP contribution in [0, 0.1) is 6.92 Å². The first-order valence-corrected chi connectivity index (χ1v) is 3.45. The fraction of sp³-hybridized carbons (Fsp3) is 0.714. The molecule has 0 aliphatic carbocycles. The molecule has 1 heterocycles. The third-order valence-electron chi connectivity index (χ3n) is 1.70. The topological polar surface area (TPSA) is 29.5 Å². The first-order chi connectivity index (χ1) is 4.75. The minimum absolute atomic E-state index is 0.00579. The lowest BCUT2D eigenvalue weighted by Crippen LogP contribution is -2.41. The second-order valence-electron chi connectivity index (χ2n) is 2.45. The summed E-state index contributed by atoms with van der Waals surface area (Å²) in [5, 5.41) is 1.35. The molecule has 1 aliphatic rings. The van der Waals surface area contributed by atoms with Crippen molar-refractivity contribution in [3.05, 3.63) is 6.92 Å². The zero-order valence-electron chi connectivity index (χ0n) is 6.17. The minimum atomic E-state index is 0.00579. The highest BCUT2D eigenvalue weighted by Gasteiger charge is 2.24. The monoisotopic (exact) mass is 142 g/mol. The molecule has 1 atom stereocenters. The van der Waals surface area contributed by atoms with Gasteiger partial charge in [-0.2, -0.15) is 0 Å². The second kappa shape index (κ2) is 3.01. The van der Waals surface area contributed by atoms with E-state index in [1.165, 1.54) is 12.2 Å². The van der Waals surface area contributed by atoms with Gasteiger partial charge in [-0.05, 0) is 19.8 Å². The molecule has 1 fully saturated rings. The molecule has 1 aliphatic heterocycles. The lowest BCUT2D eigenvalue weighted by atomic mass is 10.1. The van der Waals surface area contributed by atoms with Crippen molar-refractivity contribution in [2.75, 3.05) is 7.11 Å². The molecule has 3 nitrogen and oxygen atoms in total. The van der Waals surface area contributed by atoms with Crippen molar-refractivity contribution in [1.82, 2.24) is 5.06 Å². The van der Waals surface area contributed by atoms with Crippen LogP contribution < -0.4 is 0 Å². The molecule has 0 saturated carbocycles. The molecule has 0 aromatic heterocycles. The lowest BCUT2D eigenvalue weighted by molar-refractivity contribution is -0.189. The summed E-state index contributed by atoms with van der Waals surface area (Å²) in [5.41, 5.74) is 0. The molecule has 1 unspecified atom stereocenters. The number of hydrogen-bond acceptors (Lipinski definition) is 2. The van der Waals surface area contributed by atoms with Gasteiger partial charge in [0.25, 0.3) is 0 Å². The van der Waals surface area contributed by atoms with Crippen molar-refractivity contribution in [2.45, 2.75) is 25.3 Å². The summed E-state index contributed by atoms with van der Waals surface area (Å²) in [6, 6.07) is 0.00579. The van der Waals surface area contributed by atoms with Crippen molar-refractivity contribution in [2.24, 2.45) is 0 Å². The van der Waals surface area contributed by atoms with Crippen LogP contribution in [0.15, 0.2) is 0 Å².